The Morgan fingerprint density at radius 1 is 0.932 bits per heavy atom. The third-order valence-corrected chi connectivity index (χ3v) is 15.7. The van der Waals surface area contributed by atoms with Crippen molar-refractivity contribution >= 4 is 5.97 Å². The first-order valence-corrected chi connectivity index (χ1v) is 17.8. The Morgan fingerprint density at radius 2 is 1.64 bits per heavy atom. The number of aliphatic hydroxyl groups excluding tert-OH is 3. The van der Waals surface area contributed by atoms with Gasteiger partial charge in [-0.05, 0) is 121 Å². The fourth-order valence-electron chi connectivity index (χ4n) is 12.0. The first kappa shape index (κ1) is 32.7. The summed E-state index contributed by atoms with van der Waals surface area (Å²) < 4.78 is 12.1. The summed E-state index contributed by atoms with van der Waals surface area (Å²) in [5.41, 5.74) is 3.99. The van der Waals surface area contributed by atoms with Gasteiger partial charge in [-0.2, -0.15) is 0 Å². The first-order valence-electron chi connectivity index (χ1n) is 17.8. The first-order chi connectivity index (χ1) is 20.5. The van der Waals surface area contributed by atoms with Crippen LogP contribution in [0.25, 0.3) is 0 Å². The molecule has 0 amide bonds. The number of hydrogen-bond donors (Lipinski definition) is 3. The average molecular weight is 613 g/mol. The minimum atomic E-state index is -1.22. The molecule has 6 aliphatic rings. The summed E-state index contributed by atoms with van der Waals surface area (Å²) in [6.45, 7) is 21.1. The van der Waals surface area contributed by atoms with Gasteiger partial charge in [0.25, 0.3) is 0 Å². The molecule has 13 atom stereocenters. The lowest BCUT2D eigenvalue weighted by Gasteiger charge is -2.70. The zero-order chi connectivity index (χ0) is 32.2. The second-order valence-electron chi connectivity index (χ2n) is 17.6. The lowest BCUT2D eigenvalue weighted by molar-refractivity contribution is -0.278. The van der Waals surface area contributed by atoms with E-state index in [0.29, 0.717) is 22.7 Å². The molecule has 3 saturated carbocycles. The van der Waals surface area contributed by atoms with Crippen LogP contribution in [0, 0.1) is 56.7 Å². The molecule has 6 nitrogen and oxygen atoms in total. The van der Waals surface area contributed by atoms with Gasteiger partial charge in [0.05, 0.1) is 18.1 Å². The van der Waals surface area contributed by atoms with Gasteiger partial charge >= 0.3 is 5.97 Å². The van der Waals surface area contributed by atoms with Gasteiger partial charge in [0.1, 0.15) is 12.2 Å². The Labute approximate surface area is 266 Å². The number of carbonyl (C=O) groups excluding carboxylic acids is 1. The van der Waals surface area contributed by atoms with Crippen LogP contribution in [-0.2, 0) is 14.3 Å². The lowest BCUT2D eigenvalue weighted by Crippen LogP contribution is -2.63. The van der Waals surface area contributed by atoms with Crippen LogP contribution in [0.3, 0.4) is 0 Å². The van der Waals surface area contributed by atoms with E-state index in [1.54, 1.807) is 6.92 Å². The molecule has 248 valence electrons. The lowest BCUT2D eigenvalue weighted by atomic mass is 9.34. The van der Waals surface area contributed by atoms with E-state index < -0.39 is 42.5 Å². The van der Waals surface area contributed by atoms with Crippen LogP contribution >= 0.6 is 0 Å². The van der Waals surface area contributed by atoms with Gasteiger partial charge in [-0.1, -0.05) is 67.0 Å². The highest BCUT2D eigenvalue weighted by Crippen LogP contribution is 2.75. The molecule has 44 heavy (non-hydrogen) atoms. The van der Waals surface area contributed by atoms with Crippen LogP contribution in [0.2, 0.25) is 0 Å². The summed E-state index contributed by atoms with van der Waals surface area (Å²) in [6, 6.07) is 0. The maximum atomic E-state index is 14.5. The van der Waals surface area contributed by atoms with Crippen molar-refractivity contribution < 1.29 is 29.6 Å². The molecule has 0 bridgehead atoms. The zero-order valence-corrected chi connectivity index (χ0v) is 28.9. The number of rotatable bonds is 3. The SMILES string of the molecule is CC1=C2C3=CCC4[C@@]5(C)CC[C@H](C)C(C)(C)C5CC[C@@]4(C)[C@]3(C)CC[C@@]2(C(=O)OC2OC(CO)C(O)C(O)C2C)CC[C@H]1C. The molecule has 4 fully saturated rings. The van der Waals surface area contributed by atoms with Crippen LogP contribution in [0.5, 0.6) is 0 Å². The van der Waals surface area contributed by atoms with E-state index in [1.165, 1.54) is 42.4 Å². The summed E-state index contributed by atoms with van der Waals surface area (Å²) in [7, 11) is 0. The molecule has 1 heterocycles. The Bertz CT molecular complexity index is 1230. The average Bonchev–Trinajstić information content (AvgIpc) is 2.97. The van der Waals surface area contributed by atoms with E-state index >= 15 is 0 Å². The van der Waals surface area contributed by atoms with Crippen molar-refractivity contribution in [1.29, 1.82) is 0 Å². The largest absolute Gasteiger partial charge is 0.435 e. The van der Waals surface area contributed by atoms with Crippen molar-refractivity contribution in [1.82, 2.24) is 0 Å². The summed E-state index contributed by atoms with van der Waals surface area (Å²) in [5, 5.41) is 30.8. The van der Waals surface area contributed by atoms with E-state index in [0.717, 1.165) is 43.9 Å². The predicted octanol–water partition coefficient (Wildman–Crippen LogP) is 6.96. The van der Waals surface area contributed by atoms with E-state index in [-0.39, 0.29) is 16.8 Å². The van der Waals surface area contributed by atoms with Gasteiger partial charge < -0.3 is 24.8 Å². The van der Waals surface area contributed by atoms with Gasteiger partial charge in [0.15, 0.2) is 0 Å². The molecular weight excluding hydrogens is 552 g/mol. The molecule has 6 heteroatoms. The Hall–Kier alpha value is -1.21. The number of aliphatic hydroxyl groups is 3. The van der Waals surface area contributed by atoms with Crippen LogP contribution in [0.4, 0.5) is 0 Å². The van der Waals surface area contributed by atoms with E-state index in [4.69, 9.17) is 9.47 Å². The second kappa shape index (κ2) is 10.7. The van der Waals surface area contributed by atoms with Gasteiger partial charge in [-0.3, -0.25) is 4.79 Å². The maximum absolute atomic E-state index is 14.5. The van der Waals surface area contributed by atoms with Crippen LogP contribution in [0.1, 0.15) is 120 Å². The number of fused-ring (bicyclic) bond motifs is 7. The van der Waals surface area contributed by atoms with E-state index in [1.807, 2.05) is 0 Å². The summed E-state index contributed by atoms with van der Waals surface area (Å²) in [4.78, 5) is 14.5. The van der Waals surface area contributed by atoms with E-state index in [2.05, 4.69) is 61.5 Å². The number of hydrogen-bond acceptors (Lipinski definition) is 6. The monoisotopic (exact) mass is 612 g/mol. The minimum Gasteiger partial charge on any atom is -0.435 e. The molecule has 0 radical (unpaired) electrons. The molecule has 0 aromatic carbocycles. The van der Waals surface area contributed by atoms with Crippen molar-refractivity contribution in [3.63, 3.8) is 0 Å². The standard InChI is InChI=1S/C38H60O6/c1-21-12-17-38(33(42)44-32-24(4)30(40)31(41)26(20-39)43-32)19-18-36(8)25(29(38)23(21)3)10-11-28-35(7)15-13-22(2)34(5,6)27(35)14-16-37(28,36)9/h10,21-22,24,26-28,30-32,39-41H,11-20H2,1-9H3/t21-,22+,24?,26?,27?,28?,30?,31?,32?,35+,36-,37-,38+/m1/s1. The fourth-order valence-corrected chi connectivity index (χ4v) is 12.0. The molecule has 1 saturated heterocycles. The highest BCUT2D eigenvalue weighted by atomic mass is 16.7. The number of allylic oxidation sites excluding steroid dienone is 3. The molecule has 0 aromatic heterocycles. The van der Waals surface area contributed by atoms with Crippen LogP contribution in [0.15, 0.2) is 22.8 Å². The molecule has 0 aromatic rings. The molecule has 1 aliphatic heterocycles. The normalized spacial score (nSPS) is 51.7. The van der Waals surface area contributed by atoms with Crippen LogP contribution in [-0.4, -0.2) is 52.5 Å². The zero-order valence-electron chi connectivity index (χ0n) is 28.9. The number of esters is 1. The smallest absolute Gasteiger partial charge is 0.318 e. The van der Waals surface area contributed by atoms with Crippen molar-refractivity contribution in [2.24, 2.45) is 56.7 Å². The Balaban J connectivity index is 1.38. The molecule has 5 aliphatic carbocycles. The summed E-state index contributed by atoms with van der Waals surface area (Å²) >= 11 is 0. The second-order valence-corrected chi connectivity index (χ2v) is 17.6. The number of carbonyl (C=O) groups is 1. The van der Waals surface area contributed by atoms with Gasteiger partial charge in [0.2, 0.25) is 6.29 Å². The molecule has 7 unspecified atom stereocenters. The highest BCUT2D eigenvalue weighted by Gasteiger charge is 2.68. The molecule has 6 rings (SSSR count). The van der Waals surface area contributed by atoms with Crippen LogP contribution < -0.4 is 0 Å². The predicted molar refractivity (Wildman–Crippen MR) is 171 cm³/mol. The highest BCUT2D eigenvalue weighted by molar-refractivity contribution is 5.84. The van der Waals surface area contributed by atoms with Crippen molar-refractivity contribution in [2.45, 2.75) is 145 Å². The summed E-state index contributed by atoms with van der Waals surface area (Å²) in [6.07, 6.45) is 7.77. The maximum Gasteiger partial charge on any atom is 0.318 e. The fraction of sp³-hybridized carbons (Fsp3) is 0.868. The van der Waals surface area contributed by atoms with Crippen molar-refractivity contribution in [3.05, 3.63) is 22.8 Å². The van der Waals surface area contributed by atoms with E-state index in [9.17, 15) is 20.1 Å². The van der Waals surface area contributed by atoms with Gasteiger partial charge in [-0.25, -0.2) is 0 Å². The van der Waals surface area contributed by atoms with Gasteiger partial charge in [-0.15, -0.1) is 0 Å². The molecule has 0 spiro atoms. The minimum absolute atomic E-state index is 0.0224. The third kappa shape index (κ3) is 4.21. The third-order valence-electron chi connectivity index (χ3n) is 15.7. The topological polar surface area (TPSA) is 96.2 Å². The van der Waals surface area contributed by atoms with Crippen molar-refractivity contribution in [3.8, 4) is 0 Å². The van der Waals surface area contributed by atoms with Crippen molar-refractivity contribution in [2.75, 3.05) is 6.61 Å². The number of ether oxygens (including phenoxy) is 2. The Morgan fingerprint density at radius 3 is 2.32 bits per heavy atom. The molecule has 3 N–H and O–H groups in total. The van der Waals surface area contributed by atoms with Gasteiger partial charge in [0, 0.05) is 5.92 Å². The summed E-state index contributed by atoms with van der Waals surface area (Å²) in [5.74, 6) is 1.62. The molecular formula is C38H60O6. The quantitative estimate of drug-likeness (QED) is 0.298. The Kier molecular flexibility index (Phi) is 7.92.